The molecule has 1 aliphatic carbocycles. The smallest absolute Gasteiger partial charge is 0.247 e. The number of nitrogens with one attached hydrogen (secondary N) is 1. The molecule has 0 bridgehead atoms. The number of nitrogens with zero attached hydrogens (tertiary/aromatic N) is 2. The molecule has 1 heterocycles. The summed E-state index contributed by atoms with van der Waals surface area (Å²) >= 11 is 0. The molecule has 1 aromatic heterocycles. The van der Waals surface area contributed by atoms with Crippen molar-refractivity contribution in [2.45, 2.75) is 32.2 Å². The van der Waals surface area contributed by atoms with E-state index in [-0.39, 0.29) is 0 Å². The first-order chi connectivity index (χ1) is 9.42. The van der Waals surface area contributed by atoms with Crippen LogP contribution in [0.4, 0.5) is 0 Å². The van der Waals surface area contributed by atoms with E-state index in [1.165, 1.54) is 25.7 Å². The van der Waals surface area contributed by atoms with Crippen molar-refractivity contribution in [2.75, 3.05) is 6.54 Å². The van der Waals surface area contributed by atoms with E-state index >= 15 is 0 Å². The van der Waals surface area contributed by atoms with Crippen LogP contribution < -0.4 is 5.32 Å². The van der Waals surface area contributed by atoms with Crippen LogP contribution in [0, 0.1) is 5.92 Å². The van der Waals surface area contributed by atoms with Gasteiger partial charge in [0.1, 0.15) is 0 Å². The lowest BCUT2D eigenvalue weighted by atomic mass is 10.2. The average Bonchev–Trinajstić information content (AvgIpc) is 3.16. The van der Waals surface area contributed by atoms with Crippen LogP contribution in [0.3, 0.4) is 0 Å². The molecular formula is C15H19N3O. The fourth-order valence-corrected chi connectivity index (χ4v) is 2.14. The van der Waals surface area contributed by atoms with Crippen molar-refractivity contribution in [1.82, 2.24) is 15.5 Å². The summed E-state index contributed by atoms with van der Waals surface area (Å²) in [4.78, 5) is 0. The zero-order valence-corrected chi connectivity index (χ0v) is 11.0. The standard InChI is InChI=1S/C15H19N3O/c1-2-6-13(7-3-1)15-18-17-14(19-15)11-16-10-4-5-12-8-9-12/h1-3,6-7,12,16H,4-5,8-11H2. The Labute approximate surface area is 113 Å². The Morgan fingerprint density at radius 2 is 2.00 bits per heavy atom. The summed E-state index contributed by atoms with van der Waals surface area (Å²) in [6.07, 6.45) is 5.46. The molecule has 0 radical (unpaired) electrons. The zero-order chi connectivity index (χ0) is 12.9. The molecule has 1 aliphatic rings. The molecule has 0 atom stereocenters. The predicted octanol–water partition coefficient (Wildman–Crippen LogP) is 3.02. The lowest BCUT2D eigenvalue weighted by Gasteiger charge is -2.00. The molecule has 0 saturated heterocycles. The quantitative estimate of drug-likeness (QED) is 0.775. The van der Waals surface area contributed by atoms with Gasteiger partial charge >= 0.3 is 0 Å². The second kappa shape index (κ2) is 5.97. The Hall–Kier alpha value is -1.68. The predicted molar refractivity (Wildman–Crippen MR) is 73.4 cm³/mol. The molecule has 1 aromatic carbocycles. The first-order valence-corrected chi connectivity index (χ1v) is 7.00. The molecule has 4 nitrogen and oxygen atoms in total. The minimum absolute atomic E-state index is 0.593. The van der Waals surface area contributed by atoms with Crippen molar-refractivity contribution >= 4 is 0 Å². The van der Waals surface area contributed by atoms with E-state index < -0.39 is 0 Å². The van der Waals surface area contributed by atoms with Crippen molar-refractivity contribution in [3.63, 3.8) is 0 Å². The topological polar surface area (TPSA) is 51.0 Å². The molecule has 100 valence electrons. The summed E-state index contributed by atoms with van der Waals surface area (Å²) in [5.74, 6) is 2.26. The maximum atomic E-state index is 5.62. The molecule has 2 aromatic rings. The van der Waals surface area contributed by atoms with Gasteiger partial charge in [-0.15, -0.1) is 10.2 Å². The third kappa shape index (κ3) is 3.64. The summed E-state index contributed by atoms with van der Waals surface area (Å²) in [5, 5.41) is 11.5. The number of aromatic nitrogens is 2. The first-order valence-electron chi connectivity index (χ1n) is 7.00. The van der Waals surface area contributed by atoms with Crippen LogP contribution in [-0.2, 0) is 6.54 Å². The van der Waals surface area contributed by atoms with Gasteiger partial charge in [0.25, 0.3) is 0 Å². The summed E-state index contributed by atoms with van der Waals surface area (Å²) in [6, 6.07) is 9.85. The second-order valence-corrected chi connectivity index (χ2v) is 5.13. The number of hydrogen-bond acceptors (Lipinski definition) is 4. The van der Waals surface area contributed by atoms with Crippen LogP contribution in [0.1, 0.15) is 31.6 Å². The van der Waals surface area contributed by atoms with Gasteiger partial charge in [0, 0.05) is 5.56 Å². The summed E-state index contributed by atoms with van der Waals surface area (Å²) in [5.41, 5.74) is 0.968. The third-order valence-electron chi connectivity index (χ3n) is 3.43. The Balaban J connectivity index is 1.45. The van der Waals surface area contributed by atoms with Gasteiger partial charge in [-0.3, -0.25) is 0 Å². The summed E-state index contributed by atoms with van der Waals surface area (Å²) < 4.78 is 5.62. The first kappa shape index (κ1) is 12.4. The van der Waals surface area contributed by atoms with E-state index in [4.69, 9.17) is 4.42 Å². The van der Waals surface area contributed by atoms with Gasteiger partial charge in [-0.2, -0.15) is 0 Å². The van der Waals surface area contributed by atoms with Crippen molar-refractivity contribution < 1.29 is 4.42 Å². The Morgan fingerprint density at radius 1 is 1.16 bits per heavy atom. The Kier molecular flexibility index (Phi) is 3.89. The maximum Gasteiger partial charge on any atom is 0.247 e. The van der Waals surface area contributed by atoms with Gasteiger partial charge in [-0.05, 0) is 37.4 Å². The number of benzene rings is 1. The molecule has 0 spiro atoms. The van der Waals surface area contributed by atoms with E-state index in [2.05, 4.69) is 15.5 Å². The highest BCUT2D eigenvalue weighted by Crippen LogP contribution is 2.33. The van der Waals surface area contributed by atoms with Crippen LogP contribution in [0.2, 0.25) is 0 Å². The number of hydrogen-bond donors (Lipinski definition) is 1. The molecule has 4 heteroatoms. The highest BCUT2D eigenvalue weighted by atomic mass is 16.4. The van der Waals surface area contributed by atoms with Gasteiger partial charge in [-0.1, -0.05) is 31.0 Å². The van der Waals surface area contributed by atoms with Gasteiger partial charge in [0.15, 0.2) is 0 Å². The molecule has 1 saturated carbocycles. The van der Waals surface area contributed by atoms with E-state index in [1.54, 1.807) is 0 Å². The Morgan fingerprint density at radius 3 is 2.79 bits per heavy atom. The largest absolute Gasteiger partial charge is 0.419 e. The van der Waals surface area contributed by atoms with E-state index in [9.17, 15) is 0 Å². The lowest BCUT2D eigenvalue weighted by Crippen LogP contribution is -2.15. The third-order valence-corrected chi connectivity index (χ3v) is 3.43. The van der Waals surface area contributed by atoms with Gasteiger partial charge in [0.2, 0.25) is 11.8 Å². The lowest BCUT2D eigenvalue weighted by molar-refractivity contribution is 0.471. The van der Waals surface area contributed by atoms with Gasteiger partial charge in [-0.25, -0.2) is 0 Å². The van der Waals surface area contributed by atoms with Crippen LogP contribution in [-0.4, -0.2) is 16.7 Å². The van der Waals surface area contributed by atoms with Crippen LogP contribution >= 0.6 is 0 Å². The van der Waals surface area contributed by atoms with Crippen molar-refractivity contribution in [1.29, 1.82) is 0 Å². The SMILES string of the molecule is c1ccc(-c2nnc(CNCCCC3CC3)o2)cc1. The fraction of sp³-hybridized carbons (Fsp3) is 0.467. The maximum absolute atomic E-state index is 5.62. The molecule has 0 amide bonds. The minimum atomic E-state index is 0.593. The normalized spacial score (nSPS) is 14.7. The molecule has 19 heavy (non-hydrogen) atoms. The summed E-state index contributed by atoms with van der Waals surface area (Å²) in [7, 11) is 0. The highest BCUT2D eigenvalue weighted by Gasteiger charge is 2.19. The van der Waals surface area contributed by atoms with E-state index in [0.717, 1.165) is 18.0 Å². The van der Waals surface area contributed by atoms with Crippen molar-refractivity contribution in [2.24, 2.45) is 5.92 Å². The molecule has 0 unspecified atom stereocenters. The highest BCUT2D eigenvalue weighted by molar-refractivity contribution is 5.51. The zero-order valence-electron chi connectivity index (χ0n) is 11.0. The molecule has 1 N–H and O–H groups in total. The van der Waals surface area contributed by atoms with Crippen LogP contribution in [0.25, 0.3) is 11.5 Å². The second-order valence-electron chi connectivity index (χ2n) is 5.13. The molecule has 3 rings (SSSR count). The number of rotatable bonds is 7. The average molecular weight is 257 g/mol. The van der Waals surface area contributed by atoms with E-state index in [1.807, 2.05) is 30.3 Å². The molecule has 1 fully saturated rings. The van der Waals surface area contributed by atoms with Crippen molar-refractivity contribution in [3.05, 3.63) is 36.2 Å². The molecule has 0 aliphatic heterocycles. The monoisotopic (exact) mass is 257 g/mol. The minimum Gasteiger partial charge on any atom is -0.419 e. The van der Waals surface area contributed by atoms with Gasteiger partial charge < -0.3 is 9.73 Å². The van der Waals surface area contributed by atoms with Gasteiger partial charge in [0.05, 0.1) is 6.54 Å². The Bertz CT molecular complexity index is 505. The fourth-order valence-electron chi connectivity index (χ4n) is 2.14. The van der Waals surface area contributed by atoms with Crippen LogP contribution in [0.15, 0.2) is 34.7 Å². The van der Waals surface area contributed by atoms with Crippen LogP contribution in [0.5, 0.6) is 0 Å². The summed E-state index contributed by atoms with van der Waals surface area (Å²) in [6.45, 7) is 1.68. The van der Waals surface area contributed by atoms with Crippen molar-refractivity contribution in [3.8, 4) is 11.5 Å². The molecular weight excluding hydrogens is 238 g/mol. The van der Waals surface area contributed by atoms with E-state index in [0.29, 0.717) is 18.3 Å².